The summed E-state index contributed by atoms with van der Waals surface area (Å²) < 4.78 is 6.47. The highest BCUT2D eigenvalue weighted by Gasteiger charge is 2.63. The third kappa shape index (κ3) is 2.21. The summed E-state index contributed by atoms with van der Waals surface area (Å²) in [5.74, 6) is 1.33. The molecule has 0 aromatic carbocycles. The minimum absolute atomic E-state index is 0.0731. The van der Waals surface area contributed by atoms with E-state index in [1.807, 2.05) is 6.92 Å². The number of hydrogen-bond acceptors (Lipinski definition) is 2. The molecule has 3 aliphatic rings. The van der Waals surface area contributed by atoms with Gasteiger partial charge >= 0.3 is 0 Å². The maximum atomic E-state index is 10.6. The lowest BCUT2D eigenvalue weighted by Crippen LogP contribution is -2.55. The van der Waals surface area contributed by atoms with Gasteiger partial charge in [-0.2, -0.15) is 0 Å². The standard InChI is InChI=1S/C20H34O2/c1-7-19(5,21)16-13-15-18(4)11-8-10-17(2,3)14(18)9-12-20(15,6)22-16/h7,14-16,21H,1,8-13H2,2-6H3/t14-,15+,16-,18-,19+,20+/m0/s1. The highest BCUT2D eigenvalue weighted by atomic mass is 16.5. The molecule has 3 rings (SSSR count). The van der Waals surface area contributed by atoms with Crippen molar-refractivity contribution in [3.63, 3.8) is 0 Å². The monoisotopic (exact) mass is 306 g/mol. The van der Waals surface area contributed by atoms with E-state index in [1.54, 1.807) is 6.08 Å². The van der Waals surface area contributed by atoms with Crippen molar-refractivity contribution >= 4 is 0 Å². The lowest BCUT2D eigenvalue weighted by Gasteiger charge is -2.60. The Morgan fingerprint density at radius 2 is 1.82 bits per heavy atom. The van der Waals surface area contributed by atoms with Crippen molar-refractivity contribution < 1.29 is 9.84 Å². The summed E-state index contributed by atoms with van der Waals surface area (Å²) in [7, 11) is 0. The van der Waals surface area contributed by atoms with Crippen molar-refractivity contribution in [2.45, 2.75) is 90.4 Å². The molecule has 1 aliphatic heterocycles. The van der Waals surface area contributed by atoms with Crippen LogP contribution in [0.4, 0.5) is 0 Å². The fourth-order valence-corrected chi connectivity index (χ4v) is 6.34. The fourth-order valence-electron chi connectivity index (χ4n) is 6.34. The van der Waals surface area contributed by atoms with E-state index in [1.165, 1.54) is 25.7 Å². The molecule has 2 heteroatoms. The van der Waals surface area contributed by atoms with Gasteiger partial charge < -0.3 is 9.84 Å². The largest absolute Gasteiger partial charge is 0.383 e. The average Bonchev–Trinajstić information content (AvgIpc) is 2.78. The quantitative estimate of drug-likeness (QED) is 0.748. The number of aliphatic hydroxyl groups is 1. The van der Waals surface area contributed by atoms with Crippen molar-refractivity contribution in [1.29, 1.82) is 0 Å². The smallest absolute Gasteiger partial charge is 0.106 e. The van der Waals surface area contributed by atoms with Gasteiger partial charge in [0.15, 0.2) is 0 Å². The highest BCUT2D eigenvalue weighted by Crippen LogP contribution is 2.66. The van der Waals surface area contributed by atoms with Crippen LogP contribution in [0.1, 0.15) is 73.1 Å². The minimum atomic E-state index is -0.920. The second-order valence-corrected chi connectivity index (χ2v) is 9.58. The van der Waals surface area contributed by atoms with E-state index in [2.05, 4.69) is 34.3 Å². The summed E-state index contributed by atoms with van der Waals surface area (Å²) in [5, 5.41) is 10.6. The fraction of sp³-hybridized carbons (Fsp3) is 0.900. The zero-order chi connectivity index (χ0) is 16.4. The zero-order valence-electron chi connectivity index (χ0n) is 15.1. The van der Waals surface area contributed by atoms with Crippen LogP contribution in [0.5, 0.6) is 0 Å². The Hall–Kier alpha value is -0.340. The lowest BCUT2D eigenvalue weighted by atomic mass is 9.45. The molecule has 0 spiro atoms. The molecule has 6 atom stereocenters. The van der Waals surface area contributed by atoms with Crippen LogP contribution in [-0.4, -0.2) is 22.4 Å². The van der Waals surface area contributed by atoms with Gasteiger partial charge in [-0.25, -0.2) is 0 Å². The molecule has 2 nitrogen and oxygen atoms in total. The third-order valence-corrected chi connectivity index (χ3v) is 7.66. The van der Waals surface area contributed by atoms with Crippen molar-refractivity contribution in [2.24, 2.45) is 22.7 Å². The number of fused-ring (bicyclic) bond motifs is 3. The van der Waals surface area contributed by atoms with Gasteiger partial charge in [0.05, 0.1) is 11.7 Å². The molecule has 0 bridgehead atoms. The molecule has 1 heterocycles. The molecule has 0 amide bonds. The molecule has 2 saturated carbocycles. The highest BCUT2D eigenvalue weighted by molar-refractivity contribution is 5.14. The normalized spacial score (nSPS) is 49.8. The van der Waals surface area contributed by atoms with Gasteiger partial charge in [-0.15, -0.1) is 6.58 Å². The van der Waals surface area contributed by atoms with Gasteiger partial charge in [-0.3, -0.25) is 0 Å². The predicted octanol–water partition coefficient (Wildman–Crippen LogP) is 4.71. The Balaban J connectivity index is 1.94. The third-order valence-electron chi connectivity index (χ3n) is 7.66. The van der Waals surface area contributed by atoms with Gasteiger partial charge in [-0.05, 0) is 68.6 Å². The first-order chi connectivity index (χ1) is 10.1. The second kappa shape index (κ2) is 4.83. The second-order valence-electron chi connectivity index (χ2n) is 9.58. The Kier molecular flexibility index (Phi) is 3.63. The van der Waals surface area contributed by atoms with Crippen LogP contribution in [-0.2, 0) is 4.74 Å². The summed E-state index contributed by atoms with van der Waals surface area (Å²) >= 11 is 0. The van der Waals surface area contributed by atoms with Crippen LogP contribution in [0, 0.1) is 22.7 Å². The zero-order valence-corrected chi connectivity index (χ0v) is 15.1. The van der Waals surface area contributed by atoms with Gasteiger partial charge in [0, 0.05) is 0 Å². The van der Waals surface area contributed by atoms with E-state index in [4.69, 9.17) is 4.74 Å². The Labute approximate surface area is 136 Å². The molecular formula is C20H34O2. The van der Waals surface area contributed by atoms with Crippen molar-refractivity contribution in [2.75, 3.05) is 0 Å². The minimum Gasteiger partial charge on any atom is -0.383 e. The van der Waals surface area contributed by atoms with Gasteiger partial charge in [-0.1, -0.05) is 33.3 Å². The first-order valence-corrected chi connectivity index (χ1v) is 9.09. The lowest BCUT2D eigenvalue weighted by molar-refractivity contribution is -0.168. The first kappa shape index (κ1) is 16.5. The van der Waals surface area contributed by atoms with Crippen LogP contribution in [0.25, 0.3) is 0 Å². The summed E-state index contributed by atoms with van der Waals surface area (Å²) in [4.78, 5) is 0. The maximum absolute atomic E-state index is 10.6. The average molecular weight is 306 g/mol. The molecule has 126 valence electrons. The van der Waals surface area contributed by atoms with Crippen LogP contribution in [0.3, 0.4) is 0 Å². The first-order valence-electron chi connectivity index (χ1n) is 9.09. The van der Waals surface area contributed by atoms with Crippen molar-refractivity contribution in [3.05, 3.63) is 12.7 Å². The SMILES string of the molecule is C=C[C@@](C)(O)[C@@H]1C[C@@H]2[C@@]3(C)CCCC(C)(C)[C@@H]3CC[C@@]2(C)O1. The van der Waals surface area contributed by atoms with E-state index in [0.717, 1.165) is 18.8 Å². The van der Waals surface area contributed by atoms with E-state index in [9.17, 15) is 5.11 Å². The van der Waals surface area contributed by atoms with Crippen LogP contribution >= 0.6 is 0 Å². The Morgan fingerprint density at radius 1 is 1.14 bits per heavy atom. The van der Waals surface area contributed by atoms with Gasteiger partial charge in [0.2, 0.25) is 0 Å². The maximum Gasteiger partial charge on any atom is 0.106 e. The molecule has 0 radical (unpaired) electrons. The summed E-state index contributed by atoms with van der Waals surface area (Å²) in [6.45, 7) is 15.4. The van der Waals surface area contributed by atoms with Gasteiger partial charge in [0.1, 0.15) is 5.60 Å². The molecule has 3 fully saturated rings. The summed E-state index contributed by atoms with van der Waals surface area (Å²) in [6.07, 6.45) is 8.90. The molecule has 1 N–H and O–H groups in total. The molecule has 0 aromatic rings. The van der Waals surface area contributed by atoms with Crippen LogP contribution in [0.2, 0.25) is 0 Å². The van der Waals surface area contributed by atoms with E-state index in [0.29, 0.717) is 16.7 Å². The molecule has 22 heavy (non-hydrogen) atoms. The van der Waals surface area contributed by atoms with Crippen molar-refractivity contribution in [3.8, 4) is 0 Å². The number of rotatable bonds is 2. The molecule has 0 unspecified atom stereocenters. The number of hydrogen-bond donors (Lipinski definition) is 1. The van der Waals surface area contributed by atoms with E-state index < -0.39 is 5.60 Å². The van der Waals surface area contributed by atoms with Crippen LogP contribution < -0.4 is 0 Å². The Bertz CT molecular complexity index is 466. The number of ether oxygens (including phenoxy) is 1. The van der Waals surface area contributed by atoms with E-state index >= 15 is 0 Å². The Morgan fingerprint density at radius 3 is 2.45 bits per heavy atom. The molecular weight excluding hydrogens is 272 g/mol. The van der Waals surface area contributed by atoms with Crippen molar-refractivity contribution in [1.82, 2.24) is 0 Å². The van der Waals surface area contributed by atoms with E-state index in [-0.39, 0.29) is 11.7 Å². The van der Waals surface area contributed by atoms with Gasteiger partial charge in [0.25, 0.3) is 0 Å². The molecule has 0 aromatic heterocycles. The molecule has 1 saturated heterocycles. The predicted molar refractivity (Wildman–Crippen MR) is 90.7 cm³/mol. The van der Waals surface area contributed by atoms with Crippen LogP contribution in [0.15, 0.2) is 12.7 Å². The summed E-state index contributed by atoms with van der Waals surface area (Å²) in [5.41, 5.74) is -0.207. The topological polar surface area (TPSA) is 29.5 Å². The summed E-state index contributed by atoms with van der Waals surface area (Å²) in [6, 6.07) is 0. The molecule has 2 aliphatic carbocycles.